The number of ether oxygens (including phenoxy) is 2. The molecule has 1 saturated heterocycles. The molecule has 2 N–H and O–H groups in total. The number of aryl methyl sites for hydroxylation is 3. The molecule has 0 aliphatic carbocycles. The highest BCUT2D eigenvalue weighted by Crippen LogP contribution is 2.29. The molecule has 4 heterocycles. The lowest BCUT2D eigenvalue weighted by Gasteiger charge is -2.07. The Hall–Kier alpha value is -3.46. The van der Waals surface area contributed by atoms with Crippen LogP contribution >= 0.6 is 0 Å². The smallest absolute Gasteiger partial charge is 0.262 e. The zero-order valence-corrected chi connectivity index (χ0v) is 17.7. The zero-order valence-electron chi connectivity index (χ0n) is 17.7. The fourth-order valence-corrected chi connectivity index (χ4v) is 4.03. The van der Waals surface area contributed by atoms with Gasteiger partial charge in [-0.3, -0.25) is 4.79 Å². The number of fused-ring (bicyclic) bond motifs is 2. The Balaban J connectivity index is 1.28. The van der Waals surface area contributed by atoms with Crippen molar-refractivity contribution in [2.24, 2.45) is 7.05 Å². The molecule has 160 valence electrons. The molecule has 1 unspecified atom stereocenters. The van der Waals surface area contributed by atoms with Gasteiger partial charge in [0, 0.05) is 25.0 Å². The SMILES string of the molecule is Cc1cc(C)c2c(OCC(=O)Nc3ccc4nc(C5CCCO5)[nH]c4c3)nn(C)c2n1. The van der Waals surface area contributed by atoms with Gasteiger partial charge in [-0.05, 0) is 56.5 Å². The van der Waals surface area contributed by atoms with E-state index in [2.05, 4.69) is 25.4 Å². The van der Waals surface area contributed by atoms with Crippen LogP contribution in [0.15, 0.2) is 24.3 Å². The van der Waals surface area contributed by atoms with Gasteiger partial charge in [-0.2, -0.15) is 0 Å². The van der Waals surface area contributed by atoms with E-state index < -0.39 is 0 Å². The summed E-state index contributed by atoms with van der Waals surface area (Å²) in [6.07, 6.45) is 2.04. The number of amides is 1. The molecule has 0 saturated carbocycles. The zero-order chi connectivity index (χ0) is 21.5. The number of rotatable bonds is 5. The van der Waals surface area contributed by atoms with E-state index in [1.54, 1.807) is 4.68 Å². The molecule has 3 aromatic heterocycles. The number of carbonyl (C=O) groups excluding carboxylic acids is 1. The van der Waals surface area contributed by atoms with Crippen LogP contribution < -0.4 is 10.1 Å². The van der Waals surface area contributed by atoms with Crippen LogP contribution in [0.5, 0.6) is 5.88 Å². The van der Waals surface area contributed by atoms with Crippen LogP contribution in [0.2, 0.25) is 0 Å². The number of aromatic amines is 1. The summed E-state index contributed by atoms with van der Waals surface area (Å²) >= 11 is 0. The Morgan fingerprint density at radius 1 is 1.32 bits per heavy atom. The van der Waals surface area contributed by atoms with E-state index in [4.69, 9.17) is 9.47 Å². The Labute approximate surface area is 178 Å². The molecule has 1 aliphatic rings. The molecule has 0 radical (unpaired) electrons. The van der Waals surface area contributed by atoms with Crippen LogP contribution in [0.25, 0.3) is 22.1 Å². The minimum Gasteiger partial charge on any atom is -0.466 e. The van der Waals surface area contributed by atoms with Crippen molar-refractivity contribution in [3.05, 3.63) is 41.3 Å². The average molecular weight is 420 g/mol. The molecule has 31 heavy (non-hydrogen) atoms. The van der Waals surface area contributed by atoms with Crippen LogP contribution in [0, 0.1) is 13.8 Å². The number of carbonyl (C=O) groups is 1. The second-order valence-corrected chi connectivity index (χ2v) is 7.90. The molecule has 1 aliphatic heterocycles. The minimum absolute atomic E-state index is 0.0220. The first-order valence-corrected chi connectivity index (χ1v) is 10.3. The van der Waals surface area contributed by atoms with Crippen molar-refractivity contribution < 1.29 is 14.3 Å². The maximum atomic E-state index is 12.5. The third-order valence-electron chi connectivity index (χ3n) is 5.45. The van der Waals surface area contributed by atoms with E-state index >= 15 is 0 Å². The van der Waals surface area contributed by atoms with Gasteiger partial charge in [0.05, 0.1) is 16.4 Å². The summed E-state index contributed by atoms with van der Waals surface area (Å²) in [6, 6.07) is 7.55. The van der Waals surface area contributed by atoms with Gasteiger partial charge in [0.25, 0.3) is 5.91 Å². The standard InChI is InChI=1S/C22H24N6O3/c1-12-9-13(2)23-21-19(12)22(27-28(21)3)31-11-18(29)24-14-6-7-15-16(10-14)26-20(25-15)17-5-4-8-30-17/h6-7,9-10,17H,4-5,8,11H2,1-3H3,(H,24,29)(H,25,26). The van der Waals surface area contributed by atoms with Crippen LogP contribution in [-0.4, -0.2) is 43.9 Å². The van der Waals surface area contributed by atoms with Gasteiger partial charge < -0.3 is 19.8 Å². The Morgan fingerprint density at radius 3 is 3.00 bits per heavy atom. The summed E-state index contributed by atoms with van der Waals surface area (Å²) in [7, 11) is 1.81. The molecular formula is C22H24N6O3. The van der Waals surface area contributed by atoms with Crippen LogP contribution in [0.1, 0.15) is 36.0 Å². The van der Waals surface area contributed by atoms with Crippen LogP contribution in [0.3, 0.4) is 0 Å². The third kappa shape index (κ3) is 3.72. The number of pyridine rings is 1. The van der Waals surface area contributed by atoms with E-state index in [0.29, 0.717) is 11.6 Å². The summed E-state index contributed by atoms with van der Waals surface area (Å²) in [5.74, 6) is 0.971. The molecule has 1 aromatic carbocycles. The Kier molecular flexibility index (Phi) is 4.82. The highest BCUT2D eigenvalue weighted by molar-refractivity contribution is 5.94. The van der Waals surface area contributed by atoms with Crippen molar-refractivity contribution in [2.75, 3.05) is 18.5 Å². The van der Waals surface area contributed by atoms with Gasteiger partial charge in [0.2, 0.25) is 5.88 Å². The monoisotopic (exact) mass is 420 g/mol. The summed E-state index contributed by atoms with van der Waals surface area (Å²) < 4.78 is 13.1. The van der Waals surface area contributed by atoms with E-state index in [-0.39, 0.29) is 18.6 Å². The Bertz CT molecular complexity index is 1290. The second kappa shape index (κ2) is 7.66. The molecule has 4 aromatic rings. The normalized spacial score (nSPS) is 16.3. The molecule has 1 amide bonds. The molecule has 1 atom stereocenters. The lowest BCUT2D eigenvalue weighted by molar-refractivity contribution is -0.118. The second-order valence-electron chi connectivity index (χ2n) is 7.90. The third-order valence-corrected chi connectivity index (χ3v) is 5.45. The number of anilines is 1. The number of hydrogen-bond acceptors (Lipinski definition) is 6. The van der Waals surface area contributed by atoms with Gasteiger partial charge in [-0.15, -0.1) is 5.10 Å². The fourth-order valence-electron chi connectivity index (χ4n) is 4.03. The van der Waals surface area contributed by atoms with E-state index in [0.717, 1.165) is 58.6 Å². The number of nitrogens with one attached hydrogen (secondary N) is 2. The van der Waals surface area contributed by atoms with Gasteiger partial charge in [0.1, 0.15) is 11.9 Å². The van der Waals surface area contributed by atoms with Crippen molar-refractivity contribution in [1.82, 2.24) is 24.7 Å². The van der Waals surface area contributed by atoms with E-state index in [1.165, 1.54) is 0 Å². The first kappa shape index (κ1) is 19.5. The molecular weight excluding hydrogens is 396 g/mol. The summed E-state index contributed by atoms with van der Waals surface area (Å²) in [6.45, 7) is 4.54. The molecule has 1 fully saturated rings. The lowest BCUT2D eigenvalue weighted by Crippen LogP contribution is -2.20. The first-order valence-electron chi connectivity index (χ1n) is 10.3. The van der Waals surface area contributed by atoms with Gasteiger partial charge in [0.15, 0.2) is 12.3 Å². The number of nitrogens with zero attached hydrogens (tertiary/aromatic N) is 4. The van der Waals surface area contributed by atoms with Crippen molar-refractivity contribution in [2.45, 2.75) is 32.8 Å². The lowest BCUT2D eigenvalue weighted by atomic mass is 10.2. The van der Waals surface area contributed by atoms with E-state index in [1.807, 2.05) is 45.2 Å². The molecule has 9 heteroatoms. The Morgan fingerprint density at radius 2 is 2.19 bits per heavy atom. The highest BCUT2D eigenvalue weighted by atomic mass is 16.5. The largest absolute Gasteiger partial charge is 0.466 e. The molecule has 0 bridgehead atoms. The molecule has 9 nitrogen and oxygen atoms in total. The van der Waals surface area contributed by atoms with Crippen molar-refractivity contribution >= 4 is 33.7 Å². The summed E-state index contributed by atoms with van der Waals surface area (Å²) in [5, 5.41) is 8.07. The number of hydrogen-bond donors (Lipinski definition) is 2. The van der Waals surface area contributed by atoms with Gasteiger partial charge in [-0.1, -0.05) is 0 Å². The topological polar surface area (TPSA) is 107 Å². The maximum Gasteiger partial charge on any atom is 0.262 e. The summed E-state index contributed by atoms with van der Waals surface area (Å²) in [4.78, 5) is 24.9. The van der Waals surface area contributed by atoms with Gasteiger partial charge >= 0.3 is 0 Å². The van der Waals surface area contributed by atoms with Crippen molar-refractivity contribution in [3.63, 3.8) is 0 Å². The number of benzene rings is 1. The van der Waals surface area contributed by atoms with Crippen molar-refractivity contribution in [1.29, 1.82) is 0 Å². The molecule has 0 spiro atoms. The minimum atomic E-state index is -0.269. The van der Waals surface area contributed by atoms with Gasteiger partial charge in [-0.25, -0.2) is 14.6 Å². The average Bonchev–Trinajstić information content (AvgIpc) is 3.45. The number of imidazole rings is 1. The van der Waals surface area contributed by atoms with E-state index in [9.17, 15) is 4.79 Å². The highest BCUT2D eigenvalue weighted by Gasteiger charge is 2.21. The summed E-state index contributed by atoms with van der Waals surface area (Å²) in [5.41, 5.74) is 5.03. The first-order chi connectivity index (χ1) is 15.0. The van der Waals surface area contributed by atoms with Crippen LogP contribution in [-0.2, 0) is 16.6 Å². The maximum absolute atomic E-state index is 12.5. The quantitative estimate of drug-likeness (QED) is 0.513. The predicted molar refractivity (Wildman–Crippen MR) is 116 cm³/mol. The number of aromatic nitrogens is 5. The predicted octanol–water partition coefficient (Wildman–Crippen LogP) is 3.33. The fraction of sp³-hybridized carbons (Fsp3) is 0.364. The van der Waals surface area contributed by atoms with Crippen molar-refractivity contribution in [3.8, 4) is 5.88 Å². The number of H-pyrrole nitrogens is 1. The molecule has 5 rings (SSSR count). The van der Waals surface area contributed by atoms with Crippen LogP contribution in [0.4, 0.5) is 5.69 Å².